The zero-order chi connectivity index (χ0) is 9.31. The third-order valence-corrected chi connectivity index (χ3v) is 3.09. The number of aromatic amines is 1. The summed E-state index contributed by atoms with van der Waals surface area (Å²) in [6, 6.07) is 0. The van der Waals surface area contributed by atoms with Crippen molar-refractivity contribution in [3.63, 3.8) is 0 Å². The van der Waals surface area contributed by atoms with E-state index in [1.165, 1.54) is 32.1 Å². The topological polar surface area (TPSA) is 41.6 Å². The van der Waals surface area contributed by atoms with E-state index < -0.39 is 0 Å². The molecule has 13 heavy (non-hydrogen) atoms. The smallest absolute Gasteiger partial charge is 0.156 e. The van der Waals surface area contributed by atoms with E-state index in [9.17, 15) is 0 Å². The summed E-state index contributed by atoms with van der Waals surface area (Å²) in [5.41, 5.74) is 0.239. The van der Waals surface area contributed by atoms with Crippen molar-refractivity contribution in [3.8, 4) is 0 Å². The van der Waals surface area contributed by atoms with E-state index >= 15 is 0 Å². The Hall–Kier alpha value is -0.860. The number of aryl methyl sites for hydroxylation is 1. The van der Waals surface area contributed by atoms with Crippen LogP contribution in [0.1, 0.15) is 50.7 Å². The van der Waals surface area contributed by atoms with Gasteiger partial charge in [-0.15, -0.1) is 0 Å². The lowest BCUT2D eigenvalue weighted by molar-refractivity contribution is 0.304. The molecule has 0 saturated heterocycles. The average Bonchev–Trinajstić information content (AvgIpc) is 2.54. The zero-order valence-electron chi connectivity index (χ0n) is 8.43. The van der Waals surface area contributed by atoms with Gasteiger partial charge in [-0.05, 0) is 19.8 Å². The molecule has 1 aromatic heterocycles. The van der Waals surface area contributed by atoms with Crippen LogP contribution in [0.4, 0.5) is 0 Å². The van der Waals surface area contributed by atoms with Crippen molar-refractivity contribution in [1.29, 1.82) is 0 Å². The van der Waals surface area contributed by atoms with E-state index in [4.69, 9.17) is 0 Å². The number of rotatable bonds is 1. The SMILES string of the molecule is Cc1nc(C2(C)CCCCC2)n[nH]1. The minimum atomic E-state index is 0.239. The van der Waals surface area contributed by atoms with Crippen LogP contribution in [0.5, 0.6) is 0 Å². The molecule has 0 atom stereocenters. The Morgan fingerprint density at radius 2 is 1.92 bits per heavy atom. The van der Waals surface area contributed by atoms with E-state index in [0.717, 1.165) is 11.6 Å². The number of nitrogens with one attached hydrogen (secondary N) is 1. The van der Waals surface area contributed by atoms with Crippen molar-refractivity contribution in [2.75, 3.05) is 0 Å². The van der Waals surface area contributed by atoms with E-state index in [1.807, 2.05) is 6.92 Å². The number of nitrogens with zero attached hydrogens (tertiary/aromatic N) is 2. The molecule has 1 aliphatic rings. The van der Waals surface area contributed by atoms with E-state index in [1.54, 1.807) is 0 Å². The van der Waals surface area contributed by atoms with E-state index in [2.05, 4.69) is 22.1 Å². The molecule has 0 amide bonds. The largest absolute Gasteiger partial charge is 0.263 e. The third kappa shape index (κ3) is 1.60. The van der Waals surface area contributed by atoms with Gasteiger partial charge in [-0.25, -0.2) is 4.98 Å². The summed E-state index contributed by atoms with van der Waals surface area (Å²) in [7, 11) is 0. The summed E-state index contributed by atoms with van der Waals surface area (Å²) >= 11 is 0. The summed E-state index contributed by atoms with van der Waals surface area (Å²) < 4.78 is 0. The first-order valence-corrected chi connectivity index (χ1v) is 5.10. The molecule has 1 N–H and O–H groups in total. The van der Waals surface area contributed by atoms with Gasteiger partial charge in [-0.2, -0.15) is 5.10 Å². The number of hydrogen-bond donors (Lipinski definition) is 1. The van der Waals surface area contributed by atoms with Crippen molar-refractivity contribution < 1.29 is 0 Å². The minimum Gasteiger partial charge on any atom is -0.263 e. The molecule has 3 nitrogen and oxygen atoms in total. The Bertz CT molecular complexity index is 284. The van der Waals surface area contributed by atoms with Crippen LogP contribution < -0.4 is 0 Å². The number of aromatic nitrogens is 3. The second-order valence-electron chi connectivity index (χ2n) is 4.37. The van der Waals surface area contributed by atoms with Crippen LogP contribution in [-0.4, -0.2) is 15.2 Å². The summed E-state index contributed by atoms with van der Waals surface area (Å²) in [6.45, 7) is 4.25. The monoisotopic (exact) mass is 179 g/mol. The van der Waals surface area contributed by atoms with Crippen LogP contribution in [0, 0.1) is 6.92 Å². The Balaban J connectivity index is 2.22. The predicted molar refractivity (Wildman–Crippen MR) is 51.6 cm³/mol. The standard InChI is InChI=1S/C10H17N3/c1-8-11-9(13-12-8)10(2)6-4-3-5-7-10/h3-7H2,1-2H3,(H,11,12,13). The molecule has 0 aromatic carbocycles. The van der Waals surface area contributed by atoms with Crippen LogP contribution in [-0.2, 0) is 5.41 Å². The normalized spacial score (nSPS) is 21.7. The van der Waals surface area contributed by atoms with Crippen molar-refractivity contribution in [2.24, 2.45) is 0 Å². The summed E-state index contributed by atoms with van der Waals surface area (Å²) in [5, 5.41) is 7.21. The molecule has 1 saturated carbocycles. The van der Waals surface area contributed by atoms with Crippen molar-refractivity contribution in [1.82, 2.24) is 15.2 Å². The average molecular weight is 179 g/mol. The van der Waals surface area contributed by atoms with Crippen molar-refractivity contribution in [2.45, 2.75) is 51.4 Å². The Labute approximate surface area is 79.0 Å². The van der Waals surface area contributed by atoms with Crippen LogP contribution in [0.15, 0.2) is 0 Å². The van der Waals surface area contributed by atoms with Gasteiger partial charge in [0.2, 0.25) is 0 Å². The van der Waals surface area contributed by atoms with E-state index in [0.29, 0.717) is 0 Å². The highest BCUT2D eigenvalue weighted by atomic mass is 15.2. The molecule has 3 heteroatoms. The molecule has 1 aromatic rings. The summed E-state index contributed by atoms with van der Waals surface area (Å²) in [4.78, 5) is 4.44. The van der Waals surface area contributed by atoms with Crippen molar-refractivity contribution >= 4 is 0 Å². The summed E-state index contributed by atoms with van der Waals surface area (Å²) in [5.74, 6) is 1.95. The molecule has 1 fully saturated rings. The fourth-order valence-corrected chi connectivity index (χ4v) is 2.17. The predicted octanol–water partition coefficient (Wildman–Crippen LogP) is 2.33. The molecular formula is C10H17N3. The van der Waals surface area contributed by atoms with Crippen LogP contribution in [0.2, 0.25) is 0 Å². The van der Waals surface area contributed by atoms with Gasteiger partial charge < -0.3 is 0 Å². The quantitative estimate of drug-likeness (QED) is 0.719. The zero-order valence-corrected chi connectivity index (χ0v) is 8.43. The van der Waals surface area contributed by atoms with Crippen molar-refractivity contribution in [3.05, 3.63) is 11.6 Å². The first-order valence-electron chi connectivity index (χ1n) is 5.10. The van der Waals surface area contributed by atoms with E-state index in [-0.39, 0.29) is 5.41 Å². The van der Waals surface area contributed by atoms with Gasteiger partial charge in [0.05, 0.1) is 0 Å². The van der Waals surface area contributed by atoms with Gasteiger partial charge in [-0.1, -0.05) is 26.2 Å². The molecule has 0 spiro atoms. The number of H-pyrrole nitrogens is 1. The van der Waals surface area contributed by atoms with Gasteiger partial charge in [0.25, 0.3) is 0 Å². The Morgan fingerprint density at radius 3 is 2.46 bits per heavy atom. The lowest BCUT2D eigenvalue weighted by Gasteiger charge is -2.30. The fourth-order valence-electron chi connectivity index (χ4n) is 2.17. The van der Waals surface area contributed by atoms with Crippen LogP contribution in [0.25, 0.3) is 0 Å². The van der Waals surface area contributed by atoms with Gasteiger partial charge in [0.15, 0.2) is 5.82 Å². The highest BCUT2D eigenvalue weighted by molar-refractivity contribution is 5.06. The van der Waals surface area contributed by atoms with Crippen LogP contribution in [0.3, 0.4) is 0 Å². The van der Waals surface area contributed by atoms with Gasteiger partial charge >= 0.3 is 0 Å². The first-order chi connectivity index (χ1) is 6.21. The maximum atomic E-state index is 4.44. The highest BCUT2D eigenvalue weighted by Gasteiger charge is 2.32. The minimum absolute atomic E-state index is 0.239. The molecule has 72 valence electrons. The second-order valence-corrected chi connectivity index (χ2v) is 4.37. The molecule has 0 unspecified atom stereocenters. The highest BCUT2D eigenvalue weighted by Crippen LogP contribution is 2.36. The second kappa shape index (κ2) is 3.13. The molecule has 0 aliphatic heterocycles. The summed E-state index contributed by atoms with van der Waals surface area (Å²) in [6.07, 6.45) is 6.50. The third-order valence-electron chi connectivity index (χ3n) is 3.09. The lowest BCUT2D eigenvalue weighted by Crippen LogP contribution is -2.26. The first kappa shape index (κ1) is 8.73. The van der Waals surface area contributed by atoms with Gasteiger partial charge in [0.1, 0.15) is 5.82 Å². The molecular weight excluding hydrogens is 162 g/mol. The fraction of sp³-hybridized carbons (Fsp3) is 0.800. The Kier molecular flexibility index (Phi) is 2.10. The maximum Gasteiger partial charge on any atom is 0.156 e. The molecule has 2 rings (SSSR count). The maximum absolute atomic E-state index is 4.44. The molecule has 0 bridgehead atoms. The number of hydrogen-bond acceptors (Lipinski definition) is 2. The Morgan fingerprint density at radius 1 is 1.23 bits per heavy atom. The molecule has 1 heterocycles. The van der Waals surface area contributed by atoms with Gasteiger partial charge in [-0.3, -0.25) is 5.10 Å². The lowest BCUT2D eigenvalue weighted by atomic mass is 9.75. The molecule has 0 radical (unpaired) electrons. The van der Waals surface area contributed by atoms with Crippen LogP contribution >= 0.6 is 0 Å². The molecule has 1 aliphatic carbocycles. The van der Waals surface area contributed by atoms with Gasteiger partial charge in [0, 0.05) is 5.41 Å².